The molecule has 2 aliphatic rings. The van der Waals surface area contributed by atoms with Crippen LogP contribution in [0.25, 0.3) is 0 Å². The molecule has 6 nitrogen and oxygen atoms in total. The van der Waals surface area contributed by atoms with Gasteiger partial charge in [-0.3, -0.25) is 14.4 Å². The van der Waals surface area contributed by atoms with Gasteiger partial charge in [-0.2, -0.15) is 0 Å². The standard InChI is InChI=1S/C26H39N3O3/c1-5-7-14-27(4)25(31)20-12-15-28(16-13-20)26(32)21-17-24(30)29(18-21)23-11-9-8-10-22(23)19(3)6-2/h8-11,19-21H,5-7,12-18H2,1-4H3. The smallest absolute Gasteiger partial charge is 0.228 e. The van der Waals surface area contributed by atoms with Crippen LogP contribution in [0.4, 0.5) is 5.69 Å². The Balaban J connectivity index is 1.59. The molecular weight excluding hydrogens is 402 g/mol. The van der Waals surface area contributed by atoms with E-state index in [1.807, 2.05) is 39.9 Å². The number of para-hydroxylation sites is 1. The molecule has 1 aromatic carbocycles. The summed E-state index contributed by atoms with van der Waals surface area (Å²) in [5.74, 6) is 0.362. The summed E-state index contributed by atoms with van der Waals surface area (Å²) in [7, 11) is 1.88. The summed E-state index contributed by atoms with van der Waals surface area (Å²) in [4.78, 5) is 44.2. The molecular formula is C26H39N3O3. The van der Waals surface area contributed by atoms with Gasteiger partial charge >= 0.3 is 0 Å². The van der Waals surface area contributed by atoms with Gasteiger partial charge < -0.3 is 14.7 Å². The lowest BCUT2D eigenvalue weighted by Gasteiger charge is -2.34. The maximum atomic E-state index is 13.2. The van der Waals surface area contributed by atoms with Crippen molar-refractivity contribution < 1.29 is 14.4 Å². The fourth-order valence-electron chi connectivity index (χ4n) is 4.90. The monoisotopic (exact) mass is 441 g/mol. The molecule has 32 heavy (non-hydrogen) atoms. The van der Waals surface area contributed by atoms with Crippen LogP contribution in [-0.4, -0.2) is 60.7 Å². The molecule has 0 bridgehead atoms. The third kappa shape index (κ3) is 5.33. The zero-order valence-electron chi connectivity index (χ0n) is 20.2. The molecule has 2 heterocycles. The molecule has 0 spiro atoms. The van der Waals surface area contributed by atoms with Gasteiger partial charge in [0, 0.05) is 51.3 Å². The van der Waals surface area contributed by atoms with Crippen molar-refractivity contribution in [2.45, 2.75) is 65.2 Å². The zero-order valence-corrected chi connectivity index (χ0v) is 20.2. The van der Waals surface area contributed by atoms with Gasteiger partial charge in [0.15, 0.2) is 0 Å². The van der Waals surface area contributed by atoms with Gasteiger partial charge in [-0.25, -0.2) is 0 Å². The molecule has 1 aromatic rings. The Morgan fingerprint density at radius 1 is 1.12 bits per heavy atom. The normalized spacial score (nSPS) is 20.5. The van der Waals surface area contributed by atoms with Crippen LogP contribution < -0.4 is 4.90 Å². The molecule has 0 aliphatic carbocycles. The Morgan fingerprint density at radius 2 is 1.81 bits per heavy atom. The van der Waals surface area contributed by atoms with E-state index < -0.39 is 0 Å². The van der Waals surface area contributed by atoms with Crippen LogP contribution in [0.3, 0.4) is 0 Å². The first kappa shape index (κ1) is 24.3. The van der Waals surface area contributed by atoms with Gasteiger partial charge in [-0.15, -0.1) is 0 Å². The Labute approximate surface area is 192 Å². The predicted octanol–water partition coefficient (Wildman–Crippen LogP) is 4.05. The second kappa shape index (κ2) is 11.0. The minimum Gasteiger partial charge on any atom is -0.346 e. The van der Waals surface area contributed by atoms with E-state index in [4.69, 9.17) is 0 Å². The maximum absolute atomic E-state index is 13.2. The molecule has 0 N–H and O–H groups in total. The van der Waals surface area contributed by atoms with Crippen LogP contribution in [0.15, 0.2) is 24.3 Å². The number of amides is 3. The molecule has 2 atom stereocenters. The second-order valence-corrected chi connectivity index (χ2v) is 9.49. The van der Waals surface area contributed by atoms with Crippen molar-refractivity contribution >= 4 is 23.4 Å². The highest BCUT2D eigenvalue weighted by atomic mass is 16.2. The molecule has 0 aromatic heterocycles. The molecule has 2 fully saturated rings. The third-order valence-corrected chi connectivity index (χ3v) is 7.22. The summed E-state index contributed by atoms with van der Waals surface area (Å²) < 4.78 is 0. The zero-order chi connectivity index (χ0) is 23.3. The van der Waals surface area contributed by atoms with Crippen molar-refractivity contribution in [3.05, 3.63) is 29.8 Å². The van der Waals surface area contributed by atoms with Crippen molar-refractivity contribution in [3.63, 3.8) is 0 Å². The number of likely N-dealkylation sites (tertiary alicyclic amines) is 1. The number of nitrogens with zero attached hydrogens (tertiary/aromatic N) is 3. The van der Waals surface area contributed by atoms with Crippen molar-refractivity contribution in [2.24, 2.45) is 11.8 Å². The number of unbranched alkanes of at least 4 members (excludes halogenated alkanes) is 1. The topological polar surface area (TPSA) is 60.9 Å². The van der Waals surface area contributed by atoms with Gasteiger partial charge in [0.1, 0.15) is 0 Å². The number of hydrogen-bond acceptors (Lipinski definition) is 3. The molecule has 2 saturated heterocycles. The second-order valence-electron chi connectivity index (χ2n) is 9.49. The van der Waals surface area contributed by atoms with Crippen LogP contribution >= 0.6 is 0 Å². The highest BCUT2D eigenvalue weighted by molar-refractivity contribution is 6.01. The number of benzene rings is 1. The Morgan fingerprint density at radius 3 is 2.47 bits per heavy atom. The number of carbonyl (C=O) groups is 3. The first-order valence-corrected chi connectivity index (χ1v) is 12.3. The van der Waals surface area contributed by atoms with Crippen molar-refractivity contribution in [1.29, 1.82) is 0 Å². The van der Waals surface area contributed by atoms with Gasteiger partial charge in [0.25, 0.3) is 0 Å². The summed E-state index contributed by atoms with van der Waals surface area (Å²) >= 11 is 0. The first-order valence-electron chi connectivity index (χ1n) is 12.3. The molecule has 0 saturated carbocycles. The summed E-state index contributed by atoms with van der Waals surface area (Å²) in [5.41, 5.74) is 2.12. The molecule has 3 amide bonds. The average Bonchev–Trinajstić information content (AvgIpc) is 3.22. The van der Waals surface area contributed by atoms with Crippen LogP contribution in [0.5, 0.6) is 0 Å². The van der Waals surface area contributed by atoms with Gasteiger partial charge in [0.2, 0.25) is 17.7 Å². The SMILES string of the molecule is CCCCN(C)C(=O)C1CCN(C(=O)C2CC(=O)N(c3ccccc3C(C)CC)C2)CC1. The van der Waals surface area contributed by atoms with Crippen LogP contribution in [0.2, 0.25) is 0 Å². The fraction of sp³-hybridized carbons (Fsp3) is 0.654. The van der Waals surface area contributed by atoms with Crippen molar-refractivity contribution in [2.75, 3.05) is 38.1 Å². The number of carbonyl (C=O) groups excluding carboxylic acids is 3. The van der Waals surface area contributed by atoms with Gasteiger partial charge in [-0.1, -0.05) is 45.4 Å². The van der Waals surface area contributed by atoms with Gasteiger partial charge in [-0.05, 0) is 43.2 Å². The van der Waals surface area contributed by atoms with Gasteiger partial charge in [0.05, 0.1) is 5.92 Å². The number of rotatable bonds is 8. The quantitative estimate of drug-likeness (QED) is 0.611. The van der Waals surface area contributed by atoms with E-state index in [1.165, 1.54) is 5.56 Å². The summed E-state index contributed by atoms with van der Waals surface area (Å²) in [6, 6.07) is 8.06. The third-order valence-electron chi connectivity index (χ3n) is 7.22. The van der Waals surface area contributed by atoms with E-state index >= 15 is 0 Å². The first-order chi connectivity index (χ1) is 15.4. The largest absolute Gasteiger partial charge is 0.346 e. The van der Waals surface area contributed by atoms with E-state index in [2.05, 4.69) is 26.8 Å². The lowest BCUT2D eigenvalue weighted by Crippen LogP contribution is -2.46. The highest BCUT2D eigenvalue weighted by Crippen LogP contribution is 2.34. The molecule has 0 radical (unpaired) electrons. The van der Waals surface area contributed by atoms with Crippen LogP contribution in [0, 0.1) is 11.8 Å². The van der Waals surface area contributed by atoms with Crippen molar-refractivity contribution in [3.8, 4) is 0 Å². The van der Waals surface area contributed by atoms with Crippen LogP contribution in [-0.2, 0) is 14.4 Å². The van der Waals surface area contributed by atoms with Crippen molar-refractivity contribution in [1.82, 2.24) is 9.80 Å². The molecule has 6 heteroatoms. The number of hydrogen-bond donors (Lipinski definition) is 0. The summed E-state index contributed by atoms with van der Waals surface area (Å²) in [6.07, 6.45) is 4.79. The average molecular weight is 442 g/mol. The summed E-state index contributed by atoms with van der Waals surface area (Å²) in [5, 5.41) is 0. The molecule has 2 aliphatic heterocycles. The maximum Gasteiger partial charge on any atom is 0.228 e. The molecule has 2 unspecified atom stereocenters. The van der Waals surface area contributed by atoms with E-state index in [-0.39, 0.29) is 36.0 Å². The lowest BCUT2D eigenvalue weighted by molar-refractivity contribution is -0.141. The van der Waals surface area contributed by atoms with E-state index in [9.17, 15) is 14.4 Å². The summed E-state index contributed by atoms with van der Waals surface area (Å²) in [6.45, 7) is 8.90. The van der Waals surface area contributed by atoms with E-state index in [0.29, 0.717) is 38.4 Å². The Kier molecular flexibility index (Phi) is 8.32. The predicted molar refractivity (Wildman–Crippen MR) is 127 cm³/mol. The number of piperidine rings is 1. The lowest BCUT2D eigenvalue weighted by atomic mass is 9.94. The molecule has 176 valence electrons. The minimum atomic E-state index is -0.299. The Bertz CT molecular complexity index is 816. The highest BCUT2D eigenvalue weighted by Gasteiger charge is 2.39. The number of anilines is 1. The van der Waals surface area contributed by atoms with E-state index in [1.54, 1.807) is 0 Å². The minimum absolute atomic E-state index is 0.00465. The van der Waals surface area contributed by atoms with E-state index in [0.717, 1.165) is 31.5 Å². The fourth-order valence-corrected chi connectivity index (χ4v) is 4.90. The van der Waals surface area contributed by atoms with Crippen LogP contribution in [0.1, 0.15) is 70.8 Å². The Hall–Kier alpha value is -2.37. The molecule has 3 rings (SSSR count).